The van der Waals surface area contributed by atoms with Crippen LogP contribution < -0.4 is 21.1 Å². The number of halogens is 1. The van der Waals surface area contributed by atoms with Gasteiger partial charge in [-0.2, -0.15) is 0 Å². The van der Waals surface area contributed by atoms with Gasteiger partial charge in [-0.05, 0) is 30.3 Å². The van der Waals surface area contributed by atoms with Gasteiger partial charge in [0.15, 0.2) is 5.96 Å². The van der Waals surface area contributed by atoms with E-state index in [9.17, 15) is 4.79 Å². The van der Waals surface area contributed by atoms with Crippen LogP contribution in [0.1, 0.15) is 10.4 Å². The molecule has 126 valence electrons. The second kappa shape index (κ2) is 8.73. The number of carbonyl (C=O) groups is 1. The number of hydrogen-bond donors (Lipinski definition) is 3. The minimum absolute atomic E-state index is 0.202. The number of methoxy groups -OCH3 is 1. The van der Waals surface area contributed by atoms with Gasteiger partial charge in [0.25, 0.3) is 5.91 Å². The Morgan fingerprint density at radius 2 is 2.25 bits per heavy atom. The Morgan fingerprint density at radius 3 is 2.92 bits per heavy atom. The number of anilines is 1. The smallest absolute Gasteiger partial charge is 0.252 e. The van der Waals surface area contributed by atoms with Crippen LogP contribution in [0.2, 0.25) is 5.02 Å². The molecule has 0 aliphatic carbocycles. The molecule has 1 amide bonds. The van der Waals surface area contributed by atoms with Gasteiger partial charge in [-0.15, -0.1) is 0 Å². The number of nitrogens with zero attached hydrogens (tertiary/aromatic N) is 2. The summed E-state index contributed by atoms with van der Waals surface area (Å²) in [6.45, 7) is 0.703. The van der Waals surface area contributed by atoms with Gasteiger partial charge in [0.2, 0.25) is 0 Å². The van der Waals surface area contributed by atoms with E-state index in [0.717, 1.165) is 0 Å². The molecule has 1 aromatic heterocycles. The third-order valence-electron chi connectivity index (χ3n) is 3.03. The Labute approximate surface area is 144 Å². The van der Waals surface area contributed by atoms with Crippen molar-refractivity contribution in [2.45, 2.75) is 0 Å². The molecule has 2 rings (SSSR count). The fourth-order valence-corrected chi connectivity index (χ4v) is 2.13. The number of aromatic nitrogens is 1. The molecule has 7 nitrogen and oxygen atoms in total. The molecule has 0 unspecified atom stereocenters. The van der Waals surface area contributed by atoms with Crippen LogP contribution in [0.25, 0.3) is 0 Å². The van der Waals surface area contributed by atoms with Gasteiger partial charge in [-0.1, -0.05) is 11.6 Å². The number of nitrogens with one attached hydrogen (secondary N) is 2. The van der Waals surface area contributed by atoms with Crippen molar-refractivity contribution >= 4 is 29.2 Å². The molecule has 4 N–H and O–H groups in total. The summed E-state index contributed by atoms with van der Waals surface area (Å²) in [6, 6.07) is 8.58. The fourth-order valence-electron chi connectivity index (χ4n) is 1.88. The lowest BCUT2D eigenvalue weighted by Crippen LogP contribution is -2.28. The highest BCUT2D eigenvalue weighted by Crippen LogP contribution is 2.26. The third kappa shape index (κ3) is 5.13. The SMILES string of the molecule is COc1ccc(NC(N)=NCCNC(=O)c2cccnc2)cc1Cl. The van der Waals surface area contributed by atoms with E-state index >= 15 is 0 Å². The van der Waals surface area contributed by atoms with Crippen molar-refractivity contribution in [3.05, 3.63) is 53.3 Å². The van der Waals surface area contributed by atoms with Gasteiger partial charge in [-0.25, -0.2) is 0 Å². The highest BCUT2D eigenvalue weighted by molar-refractivity contribution is 6.32. The highest BCUT2D eigenvalue weighted by atomic mass is 35.5. The molecule has 0 spiro atoms. The average Bonchev–Trinajstić information content (AvgIpc) is 2.59. The molecule has 0 fully saturated rings. The average molecular weight is 348 g/mol. The lowest BCUT2D eigenvalue weighted by molar-refractivity contribution is 0.0954. The number of rotatable bonds is 6. The van der Waals surface area contributed by atoms with Crippen molar-refractivity contribution in [3.63, 3.8) is 0 Å². The van der Waals surface area contributed by atoms with Crippen molar-refractivity contribution in [3.8, 4) is 5.75 Å². The maximum atomic E-state index is 11.8. The monoisotopic (exact) mass is 347 g/mol. The van der Waals surface area contributed by atoms with Crippen LogP contribution in [0, 0.1) is 0 Å². The number of benzene rings is 1. The van der Waals surface area contributed by atoms with Crippen molar-refractivity contribution in [1.82, 2.24) is 10.3 Å². The minimum Gasteiger partial charge on any atom is -0.495 e. The molecular formula is C16H18ClN5O2. The van der Waals surface area contributed by atoms with Gasteiger partial charge < -0.3 is 21.1 Å². The topological polar surface area (TPSA) is 102 Å². The Hall–Kier alpha value is -2.80. The Morgan fingerprint density at radius 1 is 1.42 bits per heavy atom. The number of ether oxygens (including phenoxy) is 1. The zero-order valence-corrected chi connectivity index (χ0v) is 13.9. The van der Waals surface area contributed by atoms with Crippen LogP contribution in [-0.2, 0) is 0 Å². The molecule has 0 atom stereocenters. The summed E-state index contributed by atoms with van der Waals surface area (Å²) in [5, 5.41) is 6.13. The van der Waals surface area contributed by atoms with Crippen LogP contribution in [0.15, 0.2) is 47.7 Å². The predicted octanol–water partition coefficient (Wildman–Crippen LogP) is 1.90. The summed E-state index contributed by atoms with van der Waals surface area (Å²) in [7, 11) is 1.55. The van der Waals surface area contributed by atoms with E-state index in [1.807, 2.05) is 0 Å². The number of aliphatic imine (C=N–C) groups is 1. The number of hydrogen-bond acceptors (Lipinski definition) is 4. The van der Waals surface area contributed by atoms with E-state index in [4.69, 9.17) is 22.1 Å². The summed E-state index contributed by atoms with van der Waals surface area (Å²) in [5.41, 5.74) is 6.99. The first kappa shape index (κ1) is 17.6. The largest absolute Gasteiger partial charge is 0.495 e. The van der Waals surface area contributed by atoms with Gasteiger partial charge >= 0.3 is 0 Å². The van der Waals surface area contributed by atoms with E-state index in [-0.39, 0.29) is 11.9 Å². The summed E-state index contributed by atoms with van der Waals surface area (Å²) < 4.78 is 5.08. The van der Waals surface area contributed by atoms with Crippen LogP contribution in [0.5, 0.6) is 5.75 Å². The molecular weight excluding hydrogens is 330 g/mol. The number of pyridine rings is 1. The van der Waals surface area contributed by atoms with Crippen molar-refractivity contribution in [1.29, 1.82) is 0 Å². The number of amides is 1. The minimum atomic E-state index is -0.202. The molecule has 0 saturated carbocycles. The first-order valence-electron chi connectivity index (χ1n) is 7.19. The normalized spacial score (nSPS) is 11.0. The summed E-state index contributed by atoms with van der Waals surface area (Å²) in [4.78, 5) is 19.8. The zero-order valence-electron chi connectivity index (χ0n) is 13.1. The molecule has 0 radical (unpaired) electrons. The maximum absolute atomic E-state index is 11.8. The third-order valence-corrected chi connectivity index (χ3v) is 3.32. The van der Waals surface area contributed by atoms with Crippen LogP contribution in [0.3, 0.4) is 0 Å². The predicted molar refractivity (Wildman–Crippen MR) is 94.7 cm³/mol. The molecule has 0 saturated heterocycles. The molecule has 2 aromatic rings. The Balaban J connectivity index is 1.80. The first-order valence-corrected chi connectivity index (χ1v) is 7.56. The van der Waals surface area contributed by atoms with Crippen LogP contribution >= 0.6 is 11.6 Å². The van der Waals surface area contributed by atoms with Gasteiger partial charge in [0.05, 0.1) is 24.2 Å². The van der Waals surface area contributed by atoms with E-state index in [0.29, 0.717) is 35.1 Å². The van der Waals surface area contributed by atoms with Crippen LogP contribution in [-0.4, -0.2) is 37.1 Å². The molecule has 8 heteroatoms. The second-order valence-corrected chi connectivity index (χ2v) is 5.15. The summed E-state index contributed by atoms with van der Waals surface area (Å²) >= 11 is 6.03. The second-order valence-electron chi connectivity index (χ2n) is 4.74. The molecule has 0 bridgehead atoms. The Bertz CT molecular complexity index is 722. The molecule has 24 heavy (non-hydrogen) atoms. The van der Waals surface area contributed by atoms with E-state index in [1.165, 1.54) is 6.20 Å². The van der Waals surface area contributed by atoms with Gasteiger partial charge in [0.1, 0.15) is 5.75 Å². The number of carbonyl (C=O) groups excluding carboxylic acids is 1. The summed E-state index contributed by atoms with van der Waals surface area (Å²) in [6.07, 6.45) is 3.11. The van der Waals surface area contributed by atoms with Crippen molar-refractivity contribution in [2.75, 3.05) is 25.5 Å². The standard InChI is InChI=1S/C16H18ClN5O2/c1-24-14-5-4-12(9-13(14)17)22-16(18)21-8-7-20-15(23)11-3-2-6-19-10-11/h2-6,9-10H,7-8H2,1H3,(H,20,23)(H3,18,21,22). The maximum Gasteiger partial charge on any atom is 0.252 e. The van der Waals surface area contributed by atoms with Gasteiger partial charge in [0, 0.05) is 24.6 Å². The number of nitrogens with two attached hydrogens (primary N) is 1. The van der Waals surface area contributed by atoms with E-state index in [1.54, 1.807) is 43.6 Å². The lowest BCUT2D eigenvalue weighted by atomic mass is 10.3. The molecule has 1 heterocycles. The van der Waals surface area contributed by atoms with Crippen molar-refractivity contribution < 1.29 is 9.53 Å². The zero-order chi connectivity index (χ0) is 17.4. The van der Waals surface area contributed by atoms with Gasteiger partial charge in [-0.3, -0.25) is 14.8 Å². The lowest BCUT2D eigenvalue weighted by Gasteiger charge is -2.08. The first-order chi connectivity index (χ1) is 11.6. The highest BCUT2D eigenvalue weighted by Gasteiger charge is 2.04. The van der Waals surface area contributed by atoms with Crippen LogP contribution in [0.4, 0.5) is 5.69 Å². The fraction of sp³-hybridized carbons (Fsp3) is 0.188. The van der Waals surface area contributed by atoms with E-state index < -0.39 is 0 Å². The van der Waals surface area contributed by atoms with E-state index in [2.05, 4.69) is 20.6 Å². The summed E-state index contributed by atoms with van der Waals surface area (Å²) in [5.74, 6) is 0.606. The molecule has 0 aliphatic heterocycles. The Kier molecular flexibility index (Phi) is 6.39. The molecule has 1 aromatic carbocycles. The van der Waals surface area contributed by atoms with Crippen molar-refractivity contribution in [2.24, 2.45) is 10.7 Å². The number of guanidine groups is 1. The quantitative estimate of drug-likeness (QED) is 0.421. The molecule has 0 aliphatic rings.